The van der Waals surface area contributed by atoms with E-state index in [-0.39, 0.29) is 12.3 Å². The summed E-state index contributed by atoms with van der Waals surface area (Å²) in [6, 6.07) is 10.5. The number of morpholine rings is 1. The van der Waals surface area contributed by atoms with E-state index in [0.29, 0.717) is 6.61 Å². The number of rotatable bonds is 4. The molecule has 2 aliphatic heterocycles. The normalized spacial score (nSPS) is 20.2. The zero-order valence-electron chi connectivity index (χ0n) is 17.7. The van der Waals surface area contributed by atoms with Gasteiger partial charge in [-0.1, -0.05) is 12.1 Å². The van der Waals surface area contributed by atoms with Gasteiger partial charge in [-0.2, -0.15) is 0 Å². The number of hydrogen-bond donors (Lipinski definition) is 2. The Morgan fingerprint density at radius 2 is 1.90 bits per heavy atom. The van der Waals surface area contributed by atoms with Crippen LogP contribution in [0.3, 0.4) is 0 Å². The SMILES string of the molecule is CN(c1nc(-c2ccc(N3CCC(O)CC3)cc2)cc2nccnc12)[C@@H]1CNCCO1. The molecular weight excluding hydrogens is 392 g/mol. The molecule has 8 nitrogen and oxygen atoms in total. The predicted molar refractivity (Wildman–Crippen MR) is 121 cm³/mol. The van der Waals surface area contributed by atoms with Crippen LogP contribution in [-0.2, 0) is 4.74 Å². The van der Waals surface area contributed by atoms with Crippen molar-refractivity contribution in [1.82, 2.24) is 20.3 Å². The molecule has 0 unspecified atom stereocenters. The van der Waals surface area contributed by atoms with E-state index in [2.05, 4.69) is 44.5 Å². The fraction of sp³-hybridized carbons (Fsp3) is 0.435. The molecule has 2 fully saturated rings. The Hall–Kier alpha value is -2.81. The Labute approximate surface area is 181 Å². The van der Waals surface area contributed by atoms with Crippen LogP contribution >= 0.6 is 0 Å². The summed E-state index contributed by atoms with van der Waals surface area (Å²) in [6.07, 6.45) is 4.78. The second-order valence-corrected chi connectivity index (χ2v) is 8.16. The summed E-state index contributed by atoms with van der Waals surface area (Å²) in [7, 11) is 1.99. The maximum Gasteiger partial charge on any atom is 0.159 e. The molecule has 0 spiro atoms. The molecule has 8 heteroatoms. The average Bonchev–Trinajstić information content (AvgIpc) is 2.84. The topological polar surface area (TPSA) is 86.6 Å². The van der Waals surface area contributed by atoms with Crippen LogP contribution in [0.25, 0.3) is 22.3 Å². The minimum absolute atomic E-state index is 0.0986. The maximum absolute atomic E-state index is 9.76. The minimum Gasteiger partial charge on any atom is -0.393 e. The second-order valence-electron chi connectivity index (χ2n) is 8.16. The fourth-order valence-electron chi connectivity index (χ4n) is 4.25. The molecule has 0 amide bonds. The van der Waals surface area contributed by atoms with E-state index in [1.807, 2.05) is 18.0 Å². The number of nitrogens with one attached hydrogen (secondary N) is 1. The highest BCUT2D eigenvalue weighted by molar-refractivity contribution is 5.89. The van der Waals surface area contributed by atoms with E-state index in [0.717, 1.165) is 67.1 Å². The van der Waals surface area contributed by atoms with Gasteiger partial charge in [-0.25, -0.2) is 9.97 Å². The van der Waals surface area contributed by atoms with Gasteiger partial charge < -0.3 is 25.0 Å². The summed E-state index contributed by atoms with van der Waals surface area (Å²) < 4.78 is 5.93. The number of anilines is 2. The third-order valence-corrected chi connectivity index (χ3v) is 6.10. The van der Waals surface area contributed by atoms with E-state index in [1.165, 1.54) is 5.69 Å². The van der Waals surface area contributed by atoms with Crippen LogP contribution in [0.4, 0.5) is 11.5 Å². The Bertz CT molecular complexity index is 1030. The van der Waals surface area contributed by atoms with E-state index >= 15 is 0 Å². The zero-order chi connectivity index (χ0) is 21.2. The van der Waals surface area contributed by atoms with Crippen molar-refractivity contribution in [2.45, 2.75) is 25.2 Å². The molecule has 3 aromatic rings. The molecule has 2 saturated heterocycles. The Kier molecular flexibility index (Phi) is 5.67. The number of aliphatic hydroxyl groups is 1. The molecule has 162 valence electrons. The van der Waals surface area contributed by atoms with Gasteiger partial charge in [0.2, 0.25) is 0 Å². The number of aromatic nitrogens is 3. The van der Waals surface area contributed by atoms with Crippen LogP contribution in [0, 0.1) is 0 Å². The molecule has 0 bridgehead atoms. The Balaban J connectivity index is 1.47. The lowest BCUT2D eigenvalue weighted by molar-refractivity contribution is 0.0295. The fourth-order valence-corrected chi connectivity index (χ4v) is 4.25. The molecule has 2 aliphatic rings. The number of ether oxygens (including phenoxy) is 1. The second kappa shape index (κ2) is 8.74. The smallest absolute Gasteiger partial charge is 0.159 e. The van der Waals surface area contributed by atoms with Crippen molar-refractivity contribution in [2.24, 2.45) is 0 Å². The lowest BCUT2D eigenvalue weighted by Gasteiger charge is -2.33. The highest BCUT2D eigenvalue weighted by Crippen LogP contribution is 2.30. The highest BCUT2D eigenvalue weighted by Gasteiger charge is 2.23. The predicted octanol–water partition coefficient (Wildman–Crippen LogP) is 2.03. The van der Waals surface area contributed by atoms with E-state index in [9.17, 15) is 5.11 Å². The van der Waals surface area contributed by atoms with Crippen molar-refractivity contribution in [3.63, 3.8) is 0 Å². The van der Waals surface area contributed by atoms with E-state index in [1.54, 1.807) is 12.4 Å². The van der Waals surface area contributed by atoms with Crippen molar-refractivity contribution in [3.8, 4) is 11.3 Å². The molecule has 0 aliphatic carbocycles. The quantitative estimate of drug-likeness (QED) is 0.663. The monoisotopic (exact) mass is 420 g/mol. The van der Waals surface area contributed by atoms with Gasteiger partial charge in [-0.15, -0.1) is 0 Å². The first-order chi connectivity index (χ1) is 15.2. The van der Waals surface area contributed by atoms with Gasteiger partial charge in [-0.3, -0.25) is 4.98 Å². The highest BCUT2D eigenvalue weighted by atomic mass is 16.5. The molecular formula is C23H28N6O2. The number of hydrogen-bond acceptors (Lipinski definition) is 8. The van der Waals surface area contributed by atoms with Gasteiger partial charge in [0.05, 0.1) is 23.9 Å². The average molecular weight is 421 g/mol. The molecule has 2 N–H and O–H groups in total. The summed E-state index contributed by atoms with van der Waals surface area (Å²) in [5, 5.41) is 13.1. The van der Waals surface area contributed by atoms with Crippen molar-refractivity contribution < 1.29 is 9.84 Å². The number of benzene rings is 1. The molecule has 5 rings (SSSR count). The molecule has 0 saturated carbocycles. The maximum atomic E-state index is 9.76. The standard InChI is InChI=1S/C23H28N6O2/c1-28(21-15-24-10-13-31-21)23-22-20(25-8-9-26-22)14-19(27-23)16-2-4-17(5-3-16)29-11-6-18(30)7-12-29/h2-5,8-9,14,18,21,24,30H,6-7,10-13,15H2,1H3/t21-/m0/s1. The molecule has 0 radical (unpaired) electrons. The number of likely N-dealkylation sites (N-methyl/N-ethyl adjacent to an activating group) is 1. The summed E-state index contributed by atoms with van der Waals surface area (Å²) in [6.45, 7) is 4.04. The molecule has 1 aromatic carbocycles. The van der Waals surface area contributed by atoms with Gasteiger partial charge in [0.15, 0.2) is 5.82 Å². The summed E-state index contributed by atoms with van der Waals surface area (Å²) >= 11 is 0. The van der Waals surface area contributed by atoms with Crippen molar-refractivity contribution in [2.75, 3.05) is 49.6 Å². The first-order valence-electron chi connectivity index (χ1n) is 10.9. The molecule has 31 heavy (non-hydrogen) atoms. The van der Waals surface area contributed by atoms with Crippen LogP contribution in [0.1, 0.15) is 12.8 Å². The number of fused-ring (bicyclic) bond motifs is 1. The number of pyridine rings is 1. The minimum atomic E-state index is -0.169. The van der Waals surface area contributed by atoms with Gasteiger partial charge in [0, 0.05) is 56.9 Å². The van der Waals surface area contributed by atoms with E-state index in [4.69, 9.17) is 9.72 Å². The molecule has 2 aromatic heterocycles. The van der Waals surface area contributed by atoms with Crippen molar-refractivity contribution in [1.29, 1.82) is 0 Å². The van der Waals surface area contributed by atoms with Crippen molar-refractivity contribution >= 4 is 22.5 Å². The summed E-state index contributed by atoms with van der Waals surface area (Å²) in [5.74, 6) is 0.767. The largest absolute Gasteiger partial charge is 0.393 e. The number of aliphatic hydroxyl groups excluding tert-OH is 1. The third-order valence-electron chi connectivity index (χ3n) is 6.10. The lowest BCUT2D eigenvalue weighted by Crippen LogP contribution is -2.48. The number of nitrogens with zero attached hydrogens (tertiary/aromatic N) is 5. The molecule has 1 atom stereocenters. The summed E-state index contributed by atoms with van der Waals surface area (Å²) in [5.41, 5.74) is 4.65. The molecule has 4 heterocycles. The first kappa shape index (κ1) is 20.1. The first-order valence-corrected chi connectivity index (χ1v) is 10.9. The lowest BCUT2D eigenvalue weighted by atomic mass is 10.1. The van der Waals surface area contributed by atoms with Crippen LogP contribution in [0.5, 0.6) is 0 Å². The Morgan fingerprint density at radius 3 is 2.65 bits per heavy atom. The van der Waals surface area contributed by atoms with E-state index < -0.39 is 0 Å². The van der Waals surface area contributed by atoms with Gasteiger partial charge in [0.25, 0.3) is 0 Å². The van der Waals surface area contributed by atoms with Crippen LogP contribution in [0.15, 0.2) is 42.7 Å². The van der Waals surface area contributed by atoms with Crippen LogP contribution in [0.2, 0.25) is 0 Å². The Morgan fingerprint density at radius 1 is 1.13 bits per heavy atom. The van der Waals surface area contributed by atoms with Crippen LogP contribution in [-0.4, -0.2) is 72.2 Å². The van der Waals surface area contributed by atoms with Gasteiger partial charge >= 0.3 is 0 Å². The van der Waals surface area contributed by atoms with Crippen molar-refractivity contribution in [3.05, 3.63) is 42.7 Å². The van der Waals surface area contributed by atoms with Gasteiger partial charge in [-0.05, 0) is 31.0 Å². The third kappa shape index (κ3) is 4.19. The van der Waals surface area contributed by atoms with Gasteiger partial charge in [0.1, 0.15) is 11.7 Å². The zero-order valence-corrected chi connectivity index (χ0v) is 17.7. The van der Waals surface area contributed by atoms with Crippen LogP contribution < -0.4 is 15.1 Å². The summed E-state index contributed by atoms with van der Waals surface area (Å²) in [4.78, 5) is 18.4. The number of piperidine rings is 1.